The van der Waals surface area contributed by atoms with Crippen molar-refractivity contribution in [2.45, 2.75) is 63.6 Å². The van der Waals surface area contributed by atoms with E-state index in [9.17, 15) is 9.59 Å². The highest BCUT2D eigenvalue weighted by molar-refractivity contribution is 6.31. The molecule has 2 aromatic carbocycles. The van der Waals surface area contributed by atoms with Gasteiger partial charge in [0, 0.05) is 23.2 Å². The van der Waals surface area contributed by atoms with Crippen molar-refractivity contribution in [2.24, 2.45) is 0 Å². The van der Waals surface area contributed by atoms with Crippen LogP contribution in [-0.4, -0.2) is 22.8 Å². The first-order valence-electron chi connectivity index (χ1n) is 10.6. The summed E-state index contributed by atoms with van der Waals surface area (Å²) in [6.07, 6.45) is 8.07. The molecule has 1 aliphatic heterocycles. The summed E-state index contributed by atoms with van der Waals surface area (Å²) in [5, 5.41) is 3.86. The molecule has 1 atom stereocenters. The van der Waals surface area contributed by atoms with Crippen LogP contribution in [0.4, 0.5) is 0 Å². The van der Waals surface area contributed by atoms with Crippen LogP contribution in [0.2, 0.25) is 5.02 Å². The summed E-state index contributed by atoms with van der Waals surface area (Å²) in [5.41, 5.74) is 2.24. The molecule has 2 aliphatic rings. The van der Waals surface area contributed by atoms with Crippen molar-refractivity contribution >= 4 is 23.4 Å². The minimum atomic E-state index is -0.611. The molecule has 1 aliphatic carbocycles. The lowest BCUT2D eigenvalue weighted by Gasteiger charge is -2.28. The molecule has 0 bridgehead atoms. The molecule has 4 rings (SSSR count). The molecule has 152 valence electrons. The molecule has 5 heteroatoms. The van der Waals surface area contributed by atoms with Crippen LogP contribution in [0, 0.1) is 0 Å². The maximum atomic E-state index is 13.4. The lowest BCUT2D eigenvalue weighted by Crippen LogP contribution is -2.43. The number of halogens is 1. The molecule has 1 heterocycles. The first-order chi connectivity index (χ1) is 14.1. The SMILES string of the molecule is O=C(NC1CCCCCCC1)[C@@H]1c2ccccc2C(=O)N1Cc1ccccc1Cl. The number of hydrogen-bond acceptors (Lipinski definition) is 2. The van der Waals surface area contributed by atoms with Crippen LogP contribution in [0.5, 0.6) is 0 Å². The quantitative estimate of drug-likeness (QED) is 0.746. The molecule has 0 spiro atoms. The Kier molecular flexibility index (Phi) is 6.19. The van der Waals surface area contributed by atoms with Crippen LogP contribution in [0.1, 0.15) is 72.5 Å². The van der Waals surface area contributed by atoms with E-state index < -0.39 is 6.04 Å². The predicted octanol–water partition coefficient (Wildman–Crippen LogP) is 5.27. The Morgan fingerprint density at radius 2 is 1.62 bits per heavy atom. The van der Waals surface area contributed by atoms with E-state index in [1.807, 2.05) is 42.5 Å². The number of rotatable bonds is 4. The number of benzene rings is 2. The lowest BCUT2D eigenvalue weighted by molar-refractivity contribution is -0.126. The summed E-state index contributed by atoms with van der Waals surface area (Å²) in [4.78, 5) is 28.1. The highest BCUT2D eigenvalue weighted by Crippen LogP contribution is 2.36. The molecular weight excluding hydrogens is 384 g/mol. The Balaban J connectivity index is 1.59. The van der Waals surface area contributed by atoms with Gasteiger partial charge in [-0.3, -0.25) is 9.59 Å². The minimum Gasteiger partial charge on any atom is -0.351 e. The number of amides is 2. The number of nitrogens with zero attached hydrogens (tertiary/aromatic N) is 1. The molecule has 4 nitrogen and oxygen atoms in total. The van der Waals surface area contributed by atoms with Gasteiger partial charge in [0.05, 0.1) is 0 Å². The molecule has 29 heavy (non-hydrogen) atoms. The van der Waals surface area contributed by atoms with Gasteiger partial charge in [0.1, 0.15) is 6.04 Å². The van der Waals surface area contributed by atoms with Crippen molar-refractivity contribution in [1.82, 2.24) is 10.2 Å². The summed E-state index contributed by atoms with van der Waals surface area (Å²) in [7, 11) is 0. The largest absolute Gasteiger partial charge is 0.351 e. The Bertz CT molecular complexity index is 890. The molecule has 1 saturated carbocycles. The van der Waals surface area contributed by atoms with Crippen molar-refractivity contribution in [3.8, 4) is 0 Å². The van der Waals surface area contributed by atoms with E-state index in [2.05, 4.69) is 5.32 Å². The van der Waals surface area contributed by atoms with Crippen LogP contribution in [-0.2, 0) is 11.3 Å². The van der Waals surface area contributed by atoms with Crippen molar-refractivity contribution in [1.29, 1.82) is 0 Å². The zero-order valence-corrected chi connectivity index (χ0v) is 17.3. The number of carbonyl (C=O) groups excluding carboxylic acids is 2. The van der Waals surface area contributed by atoms with Gasteiger partial charge < -0.3 is 10.2 Å². The molecular formula is C24H27ClN2O2. The maximum absolute atomic E-state index is 13.4. The van der Waals surface area contributed by atoms with Crippen LogP contribution in [0.25, 0.3) is 0 Å². The maximum Gasteiger partial charge on any atom is 0.255 e. The van der Waals surface area contributed by atoms with Gasteiger partial charge in [-0.15, -0.1) is 0 Å². The summed E-state index contributed by atoms with van der Waals surface area (Å²) < 4.78 is 0. The standard InChI is InChI=1S/C24H27ClN2O2/c25-21-15-9-6-10-17(21)16-27-22(19-13-7-8-14-20(19)24(27)29)23(28)26-18-11-4-2-1-3-5-12-18/h6-10,13-15,18,22H,1-5,11-12,16H2,(H,26,28)/t22-/m0/s1. The van der Waals surface area contributed by atoms with Crippen molar-refractivity contribution < 1.29 is 9.59 Å². The summed E-state index contributed by atoms with van der Waals surface area (Å²) in [6.45, 7) is 0.315. The molecule has 0 aromatic heterocycles. The number of carbonyl (C=O) groups is 2. The third kappa shape index (κ3) is 4.32. The molecule has 1 N–H and O–H groups in total. The van der Waals surface area contributed by atoms with E-state index in [1.165, 1.54) is 19.3 Å². The van der Waals surface area contributed by atoms with Crippen molar-refractivity contribution in [2.75, 3.05) is 0 Å². The fourth-order valence-corrected chi connectivity index (χ4v) is 4.70. The van der Waals surface area contributed by atoms with Gasteiger partial charge in [0.25, 0.3) is 5.91 Å². The van der Waals surface area contributed by atoms with Crippen LogP contribution < -0.4 is 5.32 Å². The summed E-state index contributed by atoms with van der Waals surface area (Å²) in [5.74, 6) is -0.195. The smallest absolute Gasteiger partial charge is 0.255 e. The van der Waals surface area contributed by atoms with E-state index in [0.717, 1.165) is 36.8 Å². The molecule has 2 aromatic rings. The molecule has 2 amide bonds. The Morgan fingerprint density at radius 3 is 2.38 bits per heavy atom. The first kappa shape index (κ1) is 20.0. The second-order valence-electron chi connectivity index (χ2n) is 8.06. The fraction of sp³-hybridized carbons (Fsp3) is 0.417. The van der Waals surface area contributed by atoms with E-state index in [1.54, 1.807) is 11.0 Å². The van der Waals surface area contributed by atoms with Crippen molar-refractivity contribution in [3.63, 3.8) is 0 Å². The predicted molar refractivity (Wildman–Crippen MR) is 115 cm³/mol. The zero-order chi connectivity index (χ0) is 20.2. The van der Waals surface area contributed by atoms with E-state index in [-0.39, 0.29) is 17.9 Å². The van der Waals surface area contributed by atoms with Crippen LogP contribution in [0.3, 0.4) is 0 Å². The molecule has 0 unspecified atom stereocenters. The van der Waals surface area contributed by atoms with Crippen LogP contribution in [0.15, 0.2) is 48.5 Å². The Morgan fingerprint density at radius 1 is 0.966 bits per heavy atom. The van der Waals surface area contributed by atoms with Gasteiger partial charge in [-0.05, 0) is 36.1 Å². The number of hydrogen-bond donors (Lipinski definition) is 1. The molecule has 1 fully saturated rings. The number of nitrogens with one attached hydrogen (secondary N) is 1. The topological polar surface area (TPSA) is 49.4 Å². The van der Waals surface area contributed by atoms with Crippen LogP contribution >= 0.6 is 11.6 Å². The monoisotopic (exact) mass is 410 g/mol. The summed E-state index contributed by atoms with van der Waals surface area (Å²) in [6, 6.07) is 14.5. The Hall–Kier alpha value is -2.33. The third-order valence-corrected chi connectivity index (χ3v) is 6.43. The molecule has 0 saturated heterocycles. The average molecular weight is 411 g/mol. The highest BCUT2D eigenvalue weighted by atomic mass is 35.5. The summed E-state index contributed by atoms with van der Waals surface area (Å²) >= 11 is 6.34. The second-order valence-corrected chi connectivity index (χ2v) is 8.47. The second kappa shape index (κ2) is 9.00. The highest BCUT2D eigenvalue weighted by Gasteiger charge is 2.41. The fourth-order valence-electron chi connectivity index (χ4n) is 4.51. The first-order valence-corrected chi connectivity index (χ1v) is 11.0. The van der Waals surface area contributed by atoms with Crippen molar-refractivity contribution in [3.05, 3.63) is 70.2 Å². The number of fused-ring (bicyclic) bond motifs is 1. The van der Waals surface area contributed by atoms with E-state index in [0.29, 0.717) is 17.1 Å². The minimum absolute atomic E-state index is 0.0825. The van der Waals surface area contributed by atoms with Gasteiger partial charge in [-0.25, -0.2) is 0 Å². The normalized spacial score (nSPS) is 20.1. The van der Waals surface area contributed by atoms with E-state index in [4.69, 9.17) is 11.6 Å². The third-order valence-electron chi connectivity index (χ3n) is 6.06. The van der Waals surface area contributed by atoms with Gasteiger partial charge in [-0.2, -0.15) is 0 Å². The van der Waals surface area contributed by atoms with Gasteiger partial charge >= 0.3 is 0 Å². The van der Waals surface area contributed by atoms with Gasteiger partial charge in [0.15, 0.2) is 0 Å². The molecule has 0 radical (unpaired) electrons. The van der Waals surface area contributed by atoms with Gasteiger partial charge in [-0.1, -0.05) is 80.1 Å². The zero-order valence-electron chi connectivity index (χ0n) is 16.6. The lowest BCUT2D eigenvalue weighted by atomic mass is 9.96. The Labute approximate surface area is 177 Å². The average Bonchev–Trinajstić information content (AvgIpc) is 2.98. The van der Waals surface area contributed by atoms with Gasteiger partial charge in [0.2, 0.25) is 5.91 Å². The van der Waals surface area contributed by atoms with E-state index >= 15 is 0 Å².